The van der Waals surface area contributed by atoms with Crippen molar-refractivity contribution >= 4 is 55.6 Å². The van der Waals surface area contributed by atoms with Gasteiger partial charge in [0.05, 0.1) is 44.6 Å². The highest BCUT2D eigenvalue weighted by atomic mass is 31.2. The van der Waals surface area contributed by atoms with Gasteiger partial charge in [0.15, 0.2) is 28.3 Å². The number of ether oxygens (including phenoxy) is 1. The van der Waals surface area contributed by atoms with Crippen molar-refractivity contribution in [3.63, 3.8) is 0 Å². The van der Waals surface area contributed by atoms with Gasteiger partial charge in [-0.3, -0.25) is 32.8 Å². The summed E-state index contributed by atoms with van der Waals surface area (Å²) in [5, 5.41) is 22.6. The normalized spacial score (nSPS) is 30.7. The minimum atomic E-state index is -5.11. The number of imidazole rings is 2. The van der Waals surface area contributed by atoms with Crippen LogP contribution in [-0.2, 0) is 38.5 Å². The van der Waals surface area contributed by atoms with Gasteiger partial charge in [-0.15, -0.1) is 0 Å². The van der Waals surface area contributed by atoms with E-state index in [2.05, 4.69) is 29.9 Å². The lowest BCUT2D eigenvalue weighted by Gasteiger charge is -2.31. The monoisotopic (exact) mass is 682 g/mol. The maximum Gasteiger partial charge on any atom is 0.527 e. The lowest BCUT2D eigenvalue weighted by atomic mass is 9.96. The first-order valence-corrected chi connectivity index (χ1v) is 16.2. The number of nitrogens with zero attached hydrogens (tertiary/aromatic N) is 7. The Labute approximate surface area is 255 Å². The molecule has 1 fully saturated rings. The number of nitrogen functional groups attached to an aromatic ring is 2. The molecule has 24 heteroatoms. The molecule has 0 radical (unpaired) electrons. The largest absolute Gasteiger partial charge is 0.527 e. The SMILES string of the molecule is Nc1ncc2ncn(CC3(O)CO[C@@H]4COP(=O)(O)OC5=C(n6cnc7c(=O)[nH]c(N)nc76)CC(=C5O)COP(=O)(O)OC43)c2n1. The lowest BCUT2D eigenvalue weighted by Crippen LogP contribution is -2.49. The molecule has 0 amide bonds. The Bertz CT molecular complexity index is 2130. The maximum atomic E-state index is 13.2. The maximum absolute atomic E-state index is 13.2. The molecule has 244 valence electrons. The molecule has 2 aliphatic heterocycles. The third kappa shape index (κ3) is 5.34. The zero-order chi connectivity index (χ0) is 32.6. The Kier molecular flexibility index (Phi) is 7.05. The molecule has 1 saturated heterocycles. The van der Waals surface area contributed by atoms with E-state index in [9.17, 15) is 33.9 Å². The average molecular weight is 682 g/mol. The summed E-state index contributed by atoms with van der Waals surface area (Å²) in [6.07, 6.45) is 0.424. The van der Waals surface area contributed by atoms with E-state index < -0.39 is 70.4 Å². The highest BCUT2D eigenvalue weighted by molar-refractivity contribution is 7.47. The van der Waals surface area contributed by atoms with E-state index in [1.54, 1.807) is 0 Å². The van der Waals surface area contributed by atoms with Gasteiger partial charge >= 0.3 is 15.6 Å². The van der Waals surface area contributed by atoms with Gasteiger partial charge in [0.1, 0.15) is 29.7 Å². The summed E-state index contributed by atoms with van der Waals surface area (Å²) in [7, 11) is -10.2. The van der Waals surface area contributed by atoms with Crippen LogP contribution in [0.1, 0.15) is 6.42 Å². The molecule has 0 aromatic carbocycles. The van der Waals surface area contributed by atoms with Crippen LogP contribution in [0.5, 0.6) is 0 Å². The van der Waals surface area contributed by atoms with Gasteiger partial charge in [-0.05, 0) is 0 Å². The number of aromatic nitrogens is 8. The number of aliphatic hydroxyl groups is 2. The highest BCUT2D eigenvalue weighted by Gasteiger charge is 2.54. The molecule has 6 heterocycles. The molecule has 4 aromatic heterocycles. The van der Waals surface area contributed by atoms with Crippen LogP contribution < -0.4 is 17.0 Å². The van der Waals surface area contributed by atoms with Crippen molar-refractivity contribution in [1.29, 1.82) is 0 Å². The molecule has 4 aromatic rings. The van der Waals surface area contributed by atoms with Gasteiger partial charge in [0, 0.05) is 12.0 Å². The van der Waals surface area contributed by atoms with Crippen LogP contribution in [0, 0.1) is 0 Å². The number of phosphoric acid groups is 2. The van der Waals surface area contributed by atoms with Gasteiger partial charge in [-0.25, -0.2) is 24.1 Å². The van der Waals surface area contributed by atoms with Gasteiger partial charge in [-0.2, -0.15) is 9.97 Å². The number of allylic oxidation sites excluding steroid dienone is 1. The van der Waals surface area contributed by atoms with Crippen molar-refractivity contribution < 1.29 is 52.0 Å². The van der Waals surface area contributed by atoms with Gasteiger partial charge in [-0.1, -0.05) is 0 Å². The Morgan fingerprint density at radius 3 is 2.70 bits per heavy atom. The fourth-order valence-corrected chi connectivity index (χ4v) is 7.13. The Morgan fingerprint density at radius 2 is 1.89 bits per heavy atom. The molecule has 1 aliphatic carbocycles. The fraction of sp³-hybridized carbons (Fsp3) is 0.364. The second kappa shape index (κ2) is 10.7. The molecule has 22 nitrogen and oxygen atoms in total. The number of fused-ring (bicyclic) bond motifs is 4. The van der Waals surface area contributed by atoms with Gasteiger partial charge < -0.3 is 40.4 Å². The topological polar surface area (TPSA) is 320 Å². The summed E-state index contributed by atoms with van der Waals surface area (Å²) in [5.74, 6) is -1.65. The number of hydrogen-bond acceptors (Lipinski definition) is 17. The summed E-state index contributed by atoms with van der Waals surface area (Å²) in [6, 6.07) is 0. The lowest BCUT2D eigenvalue weighted by molar-refractivity contribution is -0.0637. The predicted molar refractivity (Wildman–Crippen MR) is 152 cm³/mol. The van der Waals surface area contributed by atoms with Crippen molar-refractivity contribution in [2.24, 2.45) is 0 Å². The van der Waals surface area contributed by atoms with E-state index in [0.29, 0.717) is 5.52 Å². The zero-order valence-electron chi connectivity index (χ0n) is 23.2. The van der Waals surface area contributed by atoms with Crippen molar-refractivity contribution in [2.75, 3.05) is 31.3 Å². The molecule has 0 saturated carbocycles. The fourth-order valence-electron chi connectivity index (χ4n) is 5.32. The predicted octanol–water partition coefficient (Wildman–Crippen LogP) is -0.712. The number of nitrogens with one attached hydrogen (secondary N) is 1. The molecule has 5 atom stereocenters. The summed E-state index contributed by atoms with van der Waals surface area (Å²) in [4.78, 5) is 56.1. The summed E-state index contributed by atoms with van der Waals surface area (Å²) < 4.78 is 55.6. The quantitative estimate of drug-likeness (QED) is 0.131. The molecule has 4 unspecified atom stereocenters. The molecule has 46 heavy (non-hydrogen) atoms. The van der Waals surface area contributed by atoms with Crippen LogP contribution in [0.2, 0.25) is 0 Å². The second-order valence-electron chi connectivity index (χ2n) is 10.5. The Hall–Kier alpha value is -4.24. The molecular weight excluding hydrogens is 658 g/mol. The van der Waals surface area contributed by atoms with Gasteiger partial charge in [0.25, 0.3) is 5.56 Å². The number of hydrogen-bond donors (Lipinski definition) is 7. The second-order valence-corrected chi connectivity index (χ2v) is 13.3. The van der Waals surface area contributed by atoms with E-state index in [-0.39, 0.29) is 52.9 Å². The van der Waals surface area contributed by atoms with E-state index in [0.717, 1.165) is 6.33 Å². The number of aliphatic hydroxyl groups excluding tert-OH is 1. The van der Waals surface area contributed by atoms with Crippen LogP contribution >= 0.6 is 15.6 Å². The van der Waals surface area contributed by atoms with Crippen LogP contribution in [0.4, 0.5) is 11.9 Å². The van der Waals surface area contributed by atoms with Gasteiger partial charge in [0.2, 0.25) is 11.9 Å². The highest BCUT2D eigenvalue weighted by Crippen LogP contribution is 2.54. The third-order valence-corrected chi connectivity index (χ3v) is 9.24. The van der Waals surface area contributed by atoms with E-state index in [1.165, 1.54) is 21.7 Å². The minimum Gasteiger partial charge on any atom is -0.504 e. The summed E-state index contributed by atoms with van der Waals surface area (Å²) >= 11 is 0. The number of anilines is 2. The van der Waals surface area contributed by atoms with E-state index in [1.807, 2.05) is 0 Å². The molecule has 2 bridgehead atoms. The smallest absolute Gasteiger partial charge is 0.504 e. The van der Waals surface area contributed by atoms with E-state index >= 15 is 0 Å². The van der Waals surface area contributed by atoms with Crippen molar-refractivity contribution in [3.05, 3.63) is 46.3 Å². The number of H-pyrrole nitrogens is 1. The van der Waals surface area contributed by atoms with Crippen LogP contribution in [0.15, 0.2) is 40.7 Å². The first-order chi connectivity index (χ1) is 21.7. The summed E-state index contributed by atoms with van der Waals surface area (Å²) in [5.41, 5.74) is 8.82. The third-order valence-electron chi connectivity index (χ3n) is 7.40. The van der Waals surface area contributed by atoms with Crippen molar-refractivity contribution in [2.45, 2.75) is 30.8 Å². The Balaban J connectivity index is 1.22. The molecule has 9 N–H and O–H groups in total. The van der Waals surface area contributed by atoms with Crippen LogP contribution in [0.3, 0.4) is 0 Å². The molecule has 7 rings (SSSR count). The molecular formula is C22H24N10O12P2. The Morgan fingerprint density at radius 1 is 1.09 bits per heavy atom. The number of aromatic amines is 1. The van der Waals surface area contributed by atoms with Crippen LogP contribution in [0.25, 0.3) is 28.0 Å². The van der Waals surface area contributed by atoms with Crippen LogP contribution in [-0.4, -0.2) is 96.7 Å². The van der Waals surface area contributed by atoms with Crippen molar-refractivity contribution in [3.8, 4) is 0 Å². The first kappa shape index (κ1) is 30.4. The minimum absolute atomic E-state index is 0.0545. The number of nitrogens with two attached hydrogens (primary N) is 2. The molecule has 3 aliphatic rings. The van der Waals surface area contributed by atoms with Crippen molar-refractivity contribution in [1.82, 2.24) is 39.0 Å². The number of rotatable bonds is 3. The summed E-state index contributed by atoms with van der Waals surface area (Å²) in [6.45, 7) is -2.40. The zero-order valence-corrected chi connectivity index (χ0v) is 24.9. The molecule has 0 spiro atoms. The first-order valence-electron chi connectivity index (χ1n) is 13.2. The standard InChI is InChI=1S/C22H24N10O12P2/c23-20-25-2-10-17(28-20)31(7-26-10)5-22(35)6-40-12-4-42-45(36,37)43-15-11(32-8-27-13-18(32)29-21(24)30-19(13)34)1-9(14(15)33)3-41-46(38,39)44-16(12)22/h2,7-8,12,16,33,35H,1,3-6H2,(H,36,37)(H,38,39)(H2,23,25,28)(H3,24,29,30,34)/t12-,16?,22?/m1/s1. The van der Waals surface area contributed by atoms with E-state index in [4.69, 9.17) is 34.3 Å². The average Bonchev–Trinajstić information content (AvgIpc) is 3.72. The number of phosphoric ester groups is 2.